The van der Waals surface area contributed by atoms with E-state index >= 15 is 0 Å². The maximum atomic E-state index is 2.47. The molecule has 0 aromatic carbocycles. The first kappa shape index (κ1) is 12.2. The summed E-state index contributed by atoms with van der Waals surface area (Å²) in [4.78, 5) is 2.47. The van der Waals surface area contributed by atoms with Crippen molar-refractivity contribution in [2.45, 2.75) is 39.2 Å². The summed E-state index contributed by atoms with van der Waals surface area (Å²) < 4.78 is 0. The molecular formula is C9H21CaN. The summed E-state index contributed by atoms with van der Waals surface area (Å²) in [6.07, 6.45) is 2.78. The molecule has 0 aromatic rings. The first-order valence-corrected chi connectivity index (χ1v) is 4.26. The second-order valence-corrected chi connectivity index (χ2v) is 4.12. The van der Waals surface area contributed by atoms with Crippen molar-refractivity contribution in [1.29, 1.82) is 0 Å². The van der Waals surface area contributed by atoms with Crippen LogP contribution >= 0.6 is 0 Å². The Morgan fingerprint density at radius 2 is 1.91 bits per heavy atom. The Labute approximate surface area is 101 Å². The Bertz CT molecular complexity index is 111. The van der Waals surface area contributed by atoms with Crippen molar-refractivity contribution in [2.24, 2.45) is 5.92 Å². The summed E-state index contributed by atoms with van der Waals surface area (Å²) in [7, 11) is 2.23. The van der Waals surface area contributed by atoms with Crippen LogP contribution < -0.4 is 0 Å². The Hall–Kier alpha value is 1.22. The third-order valence-corrected chi connectivity index (χ3v) is 3.32. The Balaban J connectivity index is 0.000001000. The molecular weight excluding hydrogens is 162 g/mol. The molecule has 1 heterocycles. The van der Waals surface area contributed by atoms with Crippen molar-refractivity contribution in [2.75, 3.05) is 13.6 Å². The number of likely N-dealkylation sites (tertiary alicyclic amines) is 1. The Morgan fingerprint density at radius 1 is 1.36 bits per heavy atom. The van der Waals surface area contributed by atoms with Gasteiger partial charge in [0.1, 0.15) is 0 Å². The first-order chi connectivity index (χ1) is 4.55. The topological polar surface area (TPSA) is 3.24 Å². The quantitative estimate of drug-likeness (QED) is 0.510. The van der Waals surface area contributed by atoms with E-state index < -0.39 is 0 Å². The molecule has 0 aromatic heterocycles. The molecule has 2 heteroatoms. The zero-order chi connectivity index (χ0) is 7.78. The van der Waals surface area contributed by atoms with Crippen LogP contribution in [0.1, 0.15) is 33.6 Å². The number of hydrogen-bond acceptors (Lipinski definition) is 1. The van der Waals surface area contributed by atoms with Gasteiger partial charge in [0, 0.05) is 5.54 Å². The van der Waals surface area contributed by atoms with Gasteiger partial charge in [-0.05, 0) is 46.2 Å². The van der Waals surface area contributed by atoms with Crippen LogP contribution in [0.5, 0.6) is 0 Å². The van der Waals surface area contributed by atoms with E-state index in [1.807, 2.05) is 0 Å². The molecule has 1 atom stereocenters. The van der Waals surface area contributed by atoms with Crippen molar-refractivity contribution in [3.63, 3.8) is 0 Å². The van der Waals surface area contributed by atoms with Crippen LogP contribution in [0, 0.1) is 5.92 Å². The molecule has 0 radical (unpaired) electrons. The summed E-state index contributed by atoms with van der Waals surface area (Å²) in [5.74, 6) is 0.853. The van der Waals surface area contributed by atoms with E-state index in [1.54, 1.807) is 0 Å². The molecule has 1 fully saturated rings. The fourth-order valence-corrected chi connectivity index (χ4v) is 1.65. The van der Waals surface area contributed by atoms with Gasteiger partial charge in [0.2, 0.25) is 0 Å². The molecule has 11 heavy (non-hydrogen) atoms. The van der Waals surface area contributed by atoms with Gasteiger partial charge in [0.05, 0.1) is 0 Å². The van der Waals surface area contributed by atoms with Crippen molar-refractivity contribution in [3.05, 3.63) is 0 Å². The van der Waals surface area contributed by atoms with Gasteiger partial charge in [-0.15, -0.1) is 0 Å². The number of piperidine rings is 1. The SMILES string of the molecule is CC1CCCN(C)C1(C)C.[CaH2]. The molecule has 0 spiro atoms. The van der Waals surface area contributed by atoms with E-state index in [2.05, 4.69) is 32.7 Å². The van der Waals surface area contributed by atoms with Gasteiger partial charge < -0.3 is 4.90 Å². The van der Waals surface area contributed by atoms with Gasteiger partial charge >= 0.3 is 37.7 Å². The molecule has 0 bridgehead atoms. The number of nitrogens with zero attached hydrogens (tertiary/aromatic N) is 1. The van der Waals surface area contributed by atoms with E-state index in [4.69, 9.17) is 0 Å². The Morgan fingerprint density at radius 3 is 2.27 bits per heavy atom. The molecule has 1 rings (SSSR count). The second-order valence-electron chi connectivity index (χ2n) is 4.12. The van der Waals surface area contributed by atoms with Crippen LogP contribution in [0.25, 0.3) is 0 Å². The number of hydrogen-bond donors (Lipinski definition) is 0. The van der Waals surface area contributed by atoms with E-state index in [0.29, 0.717) is 5.54 Å². The fourth-order valence-electron chi connectivity index (χ4n) is 1.65. The molecule has 1 saturated heterocycles. The van der Waals surface area contributed by atoms with Crippen molar-refractivity contribution < 1.29 is 0 Å². The third-order valence-electron chi connectivity index (χ3n) is 3.32. The molecule has 0 amide bonds. The molecule has 0 aliphatic carbocycles. The zero-order valence-corrected chi connectivity index (χ0v) is 7.65. The van der Waals surface area contributed by atoms with Gasteiger partial charge in [-0.1, -0.05) is 6.92 Å². The minimum atomic E-state index is 0. The first-order valence-electron chi connectivity index (χ1n) is 4.26. The fraction of sp³-hybridized carbons (Fsp3) is 1.00. The normalized spacial score (nSPS) is 31.1. The summed E-state index contributed by atoms with van der Waals surface area (Å²) in [6.45, 7) is 8.32. The zero-order valence-electron chi connectivity index (χ0n) is 7.65. The van der Waals surface area contributed by atoms with Gasteiger partial charge in [0.25, 0.3) is 0 Å². The maximum absolute atomic E-state index is 2.47. The van der Waals surface area contributed by atoms with Crippen LogP contribution in [-0.2, 0) is 0 Å². The van der Waals surface area contributed by atoms with Crippen molar-refractivity contribution >= 4 is 37.7 Å². The van der Waals surface area contributed by atoms with Crippen LogP contribution in [0.3, 0.4) is 0 Å². The van der Waals surface area contributed by atoms with Gasteiger partial charge in [0.15, 0.2) is 0 Å². The molecule has 1 unspecified atom stereocenters. The van der Waals surface area contributed by atoms with Crippen molar-refractivity contribution in [1.82, 2.24) is 4.90 Å². The van der Waals surface area contributed by atoms with Gasteiger partial charge in [-0.3, -0.25) is 0 Å². The summed E-state index contributed by atoms with van der Waals surface area (Å²) >= 11 is 0. The standard InChI is InChI=1S/C9H19N.Ca.2H/c1-8-6-5-7-10(4)9(8,2)3;;;/h8H,5-7H2,1-4H3;;;. The summed E-state index contributed by atoms with van der Waals surface area (Å²) in [6, 6.07) is 0. The monoisotopic (exact) mass is 183 g/mol. The second kappa shape index (κ2) is 4.45. The molecule has 0 saturated carbocycles. The van der Waals surface area contributed by atoms with Gasteiger partial charge in [-0.25, -0.2) is 0 Å². The molecule has 1 nitrogen and oxygen atoms in total. The summed E-state index contributed by atoms with van der Waals surface area (Å²) in [5, 5.41) is 0. The average molecular weight is 183 g/mol. The van der Waals surface area contributed by atoms with E-state index in [9.17, 15) is 0 Å². The van der Waals surface area contributed by atoms with Crippen LogP contribution in [0.15, 0.2) is 0 Å². The minimum absolute atomic E-state index is 0. The van der Waals surface area contributed by atoms with Crippen LogP contribution in [0.4, 0.5) is 0 Å². The Kier molecular flexibility index (Phi) is 4.95. The predicted molar refractivity (Wildman–Crippen MR) is 53.7 cm³/mol. The van der Waals surface area contributed by atoms with Gasteiger partial charge in [-0.2, -0.15) is 0 Å². The predicted octanol–water partition coefficient (Wildman–Crippen LogP) is 1.21. The van der Waals surface area contributed by atoms with E-state index in [-0.39, 0.29) is 37.7 Å². The summed E-state index contributed by atoms with van der Waals surface area (Å²) in [5.41, 5.74) is 0.429. The molecule has 64 valence electrons. The van der Waals surface area contributed by atoms with Crippen LogP contribution in [0.2, 0.25) is 0 Å². The number of rotatable bonds is 0. The molecule has 1 aliphatic heterocycles. The van der Waals surface area contributed by atoms with E-state index in [1.165, 1.54) is 19.4 Å². The van der Waals surface area contributed by atoms with E-state index in [0.717, 1.165) is 5.92 Å². The average Bonchev–Trinajstić information content (AvgIpc) is 1.84. The molecule has 1 aliphatic rings. The molecule has 0 N–H and O–H groups in total. The van der Waals surface area contributed by atoms with Crippen molar-refractivity contribution in [3.8, 4) is 0 Å². The third kappa shape index (κ3) is 2.58. The van der Waals surface area contributed by atoms with Crippen LogP contribution in [-0.4, -0.2) is 61.8 Å².